The summed E-state index contributed by atoms with van der Waals surface area (Å²) < 4.78 is 1.83. The van der Waals surface area contributed by atoms with Gasteiger partial charge in [-0.05, 0) is 69.2 Å². The van der Waals surface area contributed by atoms with E-state index >= 15 is 0 Å². The van der Waals surface area contributed by atoms with Crippen molar-refractivity contribution in [1.82, 2.24) is 14.8 Å². The van der Waals surface area contributed by atoms with E-state index in [2.05, 4.69) is 10.6 Å². The molecule has 7 heteroatoms. The summed E-state index contributed by atoms with van der Waals surface area (Å²) in [5.74, 6) is 0.0438. The Bertz CT molecular complexity index is 1370. The molecule has 1 aliphatic rings. The molecular weight excluding hydrogens is 414 g/mol. The highest BCUT2D eigenvalue weighted by Crippen LogP contribution is 2.40. The quantitative estimate of drug-likeness (QED) is 0.451. The second kappa shape index (κ2) is 8.16. The van der Waals surface area contributed by atoms with Crippen LogP contribution in [0, 0.1) is 13.8 Å². The zero-order chi connectivity index (χ0) is 23.1. The third-order valence-corrected chi connectivity index (χ3v) is 5.81. The molecule has 4 aromatic rings. The molecule has 2 aromatic carbocycles. The fraction of sp³-hybridized carbons (Fsp3) is 0.231. The number of pyridine rings is 1. The first-order valence-corrected chi connectivity index (χ1v) is 11.1. The van der Waals surface area contributed by atoms with Gasteiger partial charge in [-0.15, -0.1) is 0 Å². The van der Waals surface area contributed by atoms with E-state index in [1.54, 1.807) is 24.3 Å². The zero-order valence-corrected chi connectivity index (χ0v) is 18.8. The van der Waals surface area contributed by atoms with Gasteiger partial charge in [-0.3, -0.25) is 9.59 Å². The van der Waals surface area contributed by atoms with Crippen molar-refractivity contribution < 1.29 is 9.59 Å². The van der Waals surface area contributed by atoms with Gasteiger partial charge >= 0.3 is 0 Å². The lowest BCUT2D eigenvalue weighted by Crippen LogP contribution is -2.14. The average Bonchev–Trinajstić information content (AvgIpc) is 3.59. The number of amides is 2. The molecule has 2 N–H and O–H groups in total. The van der Waals surface area contributed by atoms with E-state index in [9.17, 15) is 9.59 Å². The number of carbonyl (C=O) groups is 2. The van der Waals surface area contributed by atoms with Gasteiger partial charge in [0.25, 0.3) is 5.91 Å². The highest BCUT2D eigenvalue weighted by atomic mass is 16.2. The van der Waals surface area contributed by atoms with Gasteiger partial charge in [0, 0.05) is 29.9 Å². The summed E-state index contributed by atoms with van der Waals surface area (Å²) in [5.41, 5.74) is 6.37. The molecule has 0 atom stereocenters. The number of aromatic nitrogens is 3. The summed E-state index contributed by atoms with van der Waals surface area (Å²) in [7, 11) is 0. The SMILES string of the molecule is CC(=O)Nc1ccc(NC(=O)c2cc(C3CC3)nc3c2c(C)nn3-c2ccc(C)cc2)cc1. The third-order valence-electron chi connectivity index (χ3n) is 5.81. The number of aryl methyl sites for hydroxylation is 2. The number of nitrogens with one attached hydrogen (secondary N) is 2. The molecule has 2 heterocycles. The van der Waals surface area contributed by atoms with Gasteiger partial charge in [0.1, 0.15) is 0 Å². The molecule has 0 bridgehead atoms. The minimum absolute atomic E-state index is 0.139. The summed E-state index contributed by atoms with van der Waals surface area (Å²) >= 11 is 0. The van der Waals surface area contributed by atoms with Crippen LogP contribution in [0.1, 0.15) is 53.0 Å². The Morgan fingerprint density at radius 1 is 0.939 bits per heavy atom. The van der Waals surface area contributed by atoms with E-state index in [1.807, 2.05) is 48.9 Å². The number of benzene rings is 2. The first kappa shape index (κ1) is 20.9. The first-order valence-electron chi connectivity index (χ1n) is 11.1. The second-order valence-electron chi connectivity index (χ2n) is 8.61. The lowest BCUT2D eigenvalue weighted by Gasteiger charge is -2.10. The molecule has 0 saturated heterocycles. The maximum atomic E-state index is 13.4. The van der Waals surface area contributed by atoms with Crippen LogP contribution in [0.15, 0.2) is 54.6 Å². The fourth-order valence-corrected chi connectivity index (χ4v) is 3.98. The van der Waals surface area contributed by atoms with Gasteiger partial charge in [-0.2, -0.15) is 5.10 Å². The molecule has 5 rings (SSSR count). The minimum Gasteiger partial charge on any atom is -0.326 e. The maximum Gasteiger partial charge on any atom is 0.256 e. The molecule has 0 radical (unpaired) electrons. The smallest absolute Gasteiger partial charge is 0.256 e. The van der Waals surface area contributed by atoms with Crippen LogP contribution >= 0.6 is 0 Å². The third kappa shape index (κ3) is 4.22. The van der Waals surface area contributed by atoms with E-state index in [0.29, 0.717) is 28.5 Å². The molecule has 0 aliphatic heterocycles. The molecule has 1 saturated carbocycles. The Morgan fingerprint density at radius 3 is 2.18 bits per heavy atom. The number of anilines is 2. The first-order chi connectivity index (χ1) is 15.9. The molecule has 7 nitrogen and oxygen atoms in total. The summed E-state index contributed by atoms with van der Waals surface area (Å²) in [6.45, 7) is 5.41. The van der Waals surface area contributed by atoms with Gasteiger partial charge in [0.05, 0.1) is 22.3 Å². The molecule has 0 spiro atoms. The molecule has 1 fully saturated rings. The van der Waals surface area contributed by atoms with Crippen LogP contribution < -0.4 is 10.6 Å². The van der Waals surface area contributed by atoms with E-state index in [0.717, 1.165) is 35.3 Å². The fourth-order valence-electron chi connectivity index (χ4n) is 3.98. The van der Waals surface area contributed by atoms with E-state index < -0.39 is 0 Å². The van der Waals surface area contributed by atoms with Crippen molar-refractivity contribution in [3.8, 4) is 5.69 Å². The predicted molar refractivity (Wildman–Crippen MR) is 129 cm³/mol. The number of hydrogen-bond acceptors (Lipinski definition) is 4. The summed E-state index contributed by atoms with van der Waals surface area (Å²) in [4.78, 5) is 29.5. The summed E-state index contributed by atoms with van der Waals surface area (Å²) in [5, 5.41) is 11.2. The standard InChI is InChI=1S/C26H25N5O2/c1-15-4-12-21(13-5-15)31-25-24(16(2)30-31)22(14-23(29-25)18-6-7-18)26(33)28-20-10-8-19(9-11-20)27-17(3)32/h4-5,8-14,18H,6-7H2,1-3H3,(H,27,32)(H,28,33). The molecule has 2 aromatic heterocycles. The Balaban J connectivity index is 1.55. The average molecular weight is 440 g/mol. The van der Waals surface area contributed by atoms with Crippen LogP contribution in [0.3, 0.4) is 0 Å². The molecule has 33 heavy (non-hydrogen) atoms. The molecular formula is C26H25N5O2. The van der Waals surface area contributed by atoms with Crippen molar-refractivity contribution in [2.45, 2.75) is 39.5 Å². The highest BCUT2D eigenvalue weighted by molar-refractivity contribution is 6.13. The monoisotopic (exact) mass is 439 g/mol. The van der Waals surface area contributed by atoms with Crippen LogP contribution in [0.4, 0.5) is 11.4 Å². The molecule has 2 amide bonds. The topological polar surface area (TPSA) is 88.9 Å². The molecule has 0 unspecified atom stereocenters. The number of nitrogens with zero attached hydrogens (tertiary/aromatic N) is 3. The van der Waals surface area contributed by atoms with Crippen molar-refractivity contribution >= 4 is 34.2 Å². The van der Waals surface area contributed by atoms with Crippen molar-refractivity contribution in [3.63, 3.8) is 0 Å². The van der Waals surface area contributed by atoms with Crippen LogP contribution in [0.25, 0.3) is 16.7 Å². The molecule has 166 valence electrons. The maximum absolute atomic E-state index is 13.4. The number of fused-ring (bicyclic) bond motifs is 1. The number of hydrogen-bond donors (Lipinski definition) is 2. The van der Waals surface area contributed by atoms with Crippen molar-refractivity contribution in [2.75, 3.05) is 10.6 Å². The van der Waals surface area contributed by atoms with Crippen molar-refractivity contribution in [1.29, 1.82) is 0 Å². The van der Waals surface area contributed by atoms with E-state index in [-0.39, 0.29) is 11.8 Å². The van der Waals surface area contributed by atoms with Gasteiger partial charge in [0.2, 0.25) is 5.91 Å². The lowest BCUT2D eigenvalue weighted by molar-refractivity contribution is -0.114. The second-order valence-corrected chi connectivity index (χ2v) is 8.61. The van der Waals surface area contributed by atoms with Gasteiger partial charge in [-0.1, -0.05) is 17.7 Å². The zero-order valence-electron chi connectivity index (χ0n) is 18.8. The Hall–Kier alpha value is -4.00. The van der Waals surface area contributed by atoms with Crippen LogP contribution in [0.5, 0.6) is 0 Å². The predicted octanol–water partition coefficient (Wildman–Crippen LogP) is 5.13. The van der Waals surface area contributed by atoms with Gasteiger partial charge in [-0.25, -0.2) is 9.67 Å². The van der Waals surface area contributed by atoms with Crippen LogP contribution in [0.2, 0.25) is 0 Å². The van der Waals surface area contributed by atoms with Crippen molar-refractivity contribution in [2.24, 2.45) is 0 Å². The Kier molecular flexibility index (Phi) is 5.17. The summed E-state index contributed by atoms with van der Waals surface area (Å²) in [6, 6.07) is 17.1. The van der Waals surface area contributed by atoms with Crippen LogP contribution in [-0.4, -0.2) is 26.6 Å². The van der Waals surface area contributed by atoms with Gasteiger partial charge in [0.15, 0.2) is 5.65 Å². The van der Waals surface area contributed by atoms with Crippen molar-refractivity contribution in [3.05, 3.63) is 77.1 Å². The summed E-state index contributed by atoms with van der Waals surface area (Å²) in [6.07, 6.45) is 2.17. The molecule has 1 aliphatic carbocycles. The normalized spacial score (nSPS) is 13.2. The minimum atomic E-state index is -0.205. The number of rotatable bonds is 5. The largest absolute Gasteiger partial charge is 0.326 e. The highest BCUT2D eigenvalue weighted by Gasteiger charge is 2.29. The van der Waals surface area contributed by atoms with E-state index in [1.165, 1.54) is 12.5 Å². The number of carbonyl (C=O) groups excluding carboxylic acids is 2. The lowest BCUT2D eigenvalue weighted by atomic mass is 10.1. The Labute approximate surface area is 191 Å². The Morgan fingerprint density at radius 2 is 1.58 bits per heavy atom. The van der Waals surface area contributed by atoms with Gasteiger partial charge < -0.3 is 10.6 Å². The van der Waals surface area contributed by atoms with Crippen LogP contribution in [-0.2, 0) is 4.79 Å². The van der Waals surface area contributed by atoms with E-state index in [4.69, 9.17) is 10.1 Å².